The summed E-state index contributed by atoms with van der Waals surface area (Å²) in [5.74, 6) is 0.158. The summed E-state index contributed by atoms with van der Waals surface area (Å²) >= 11 is 0. The summed E-state index contributed by atoms with van der Waals surface area (Å²) in [6.07, 6.45) is 6.05. The normalized spacial score (nSPS) is 10.4. The van der Waals surface area contributed by atoms with Crippen molar-refractivity contribution in [2.24, 2.45) is 0 Å². The second-order valence-corrected chi connectivity index (χ2v) is 5.47. The Kier molecular flexibility index (Phi) is 6.01. The van der Waals surface area contributed by atoms with E-state index in [1.165, 1.54) is 31.2 Å². The number of carbonyl (C=O) groups excluding carboxylic acids is 1. The van der Waals surface area contributed by atoms with Crippen LogP contribution in [-0.4, -0.2) is 5.97 Å². The Morgan fingerprint density at radius 2 is 1.64 bits per heavy atom. The summed E-state index contributed by atoms with van der Waals surface area (Å²) in [6.45, 7) is 2.21. The quantitative estimate of drug-likeness (QED) is 0.351. The fourth-order valence-corrected chi connectivity index (χ4v) is 2.27. The van der Waals surface area contributed by atoms with Gasteiger partial charge < -0.3 is 10.5 Å². The number of anilines is 1. The van der Waals surface area contributed by atoms with Gasteiger partial charge in [0.2, 0.25) is 0 Å². The van der Waals surface area contributed by atoms with Gasteiger partial charge in [0.15, 0.2) is 0 Å². The van der Waals surface area contributed by atoms with Gasteiger partial charge in [-0.3, -0.25) is 0 Å². The molecule has 0 heterocycles. The number of unbranched alkanes of at least 4 members (excludes halogenated alkanes) is 3. The maximum absolute atomic E-state index is 12.1. The number of hydrogen-bond acceptors (Lipinski definition) is 3. The number of carbonyl (C=O) groups is 1. The molecule has 0 aliphatic rings. The van der Waals surface area contributed by atoms with Gasteiger partial charge >= 0.3 is 5.97 Å². The van der Waals surface area contributed by atoms with Crippen molar-refractivity contribution in [2.75, 3.05) is 5.73 Å². The zero-order chi connectivity index (χ0) is 15.8. The Morgan fingerprint density at radius 3 is 2.27 bits per heavy atom. The lowest BCUT2D eigenvalue weighted by molar-refractivity contribution is 0.0735. The molecule has 2 aromatic carbocycles. The van der Waals surface area contributed by atoms with Crippen molar-refractivity contribution in [2.45, 2.75) is 39.0 Å². The van der Waals surface area contributed by atoms with Gasteiger partial charge in [-0.15, -0.1) is 0 Å². The molecule has 0 aliphatic carbocycles. The van der Waals surface area contributed by atoms with E-state index >= 15 is 0 Å². The zero-order valence-electron chi connectivity index (χ0n) is 13.0. The van der Waals surface area contributed by atoms with Gasteiger partial charge in [-0.25, -0.2) is 4.79 Å². The van der Waals surface area contributed by atoms with Gasteiger partial charge in [0.1, 0.15) is 5.75 Å². The molecule has 116 valence electrons. The monoisotopic (exact) mass is 297 g/mol. The molecule has 2 N–H and O–H groups in total. The highest BCUT2D eigenvalue weighted by Crippen LogP contribution is 2.16. The second kappa shape index (κ2) is 8.23. The van der Waals surface area contributed by atoms with Crippen molar-refractivity contribution in [3.63, 3.8) is 0 Å². The number of nitrogen functional groups attached to an aromatic ring is 1. The Balaban J connectivity index is 1.89. The molecule has 3 nitrogen and oxygen atoms in total. The van der Waals surface area contributed by atoms with Crippen LogP contribution in [0.2, 0.25) is 0 Å². The molecule has 0 radical (unpaired) electrons. The highest BCUT2D eigenvalue weighted by molar-refractivity contribution is 5.91. The highest BCUT2D eigenvalue weighted by atomic mass is 16.5. The van der Waals surface area contributed by atoms with Gasteiger partial charge in [0.25, 0.3) is 0 Å². The number of rotatable bonds is 7. The third-order valence-electron chi connectivity index (χ3n) is 3.60. The molecule has 22 heavy (non-hydrogen) atoms. The molecule has 0 spiro atoms. The Labute approximate surface area is 132 Å². The van der Waals surface area contributed by atoms with Crippen molar-refractivity contribution in [3.8, 4) is 5.75 Å². The van der Waals surface area contributed by atoms with Crippen LogP contribution >= 0.6 is 0 Å². The van der Waals surface area contributed by atoms with Crippen LogP contribution in [0.4, 0.5) is 5.69 Å². The number of ether oxygens (including phenoxy) is 1. The van der Waals surface area contributed by atoms with E-state index in [-0.39, 0.29) is 5.97 Å². The maximum Gasteiger partial charge on any atom is 0.343 e. The first kappa shape index (κ1) is 16.1. The Hall–Kier alpha value is -2.29. The van der Waals surface area contributed by atoms with Crippen LogP contribution in [0, 0.1) is 0 Å². The summed E-state index contributed by atoms with van der Waals surface area (Å²) < 4.78 is 5.31. The first-order valence-corrected chi connectivity index (χ1v) is 7.85. The minimum absolute atomic E-state index is 0.345. The van der Waals surface area contributed by atoms with Gasteiger partial charge in [-0.05, 0) is 54.8 Å². The van der Waals surface area contributed by atoms with Crippen LogP contribution in [0.25, 0.3) is 0 Å². The summed E-state index contributed by atoms with van der Waals surface area (Å²) in [7, 11) is 0. The predicted octanol–water partition coefficient (Wildman–Crippen LogP) is 4.61. The number of aryl methyl sites for hydroxylation is 1. The van der Waals surface area contributed by atoms with E-state index in [4.69, 9.17) is 10.5 Å². The van der Waals surface area contributed by atoms with Crippen LogP contribution < -0.4 is 10.5 Å². The predicted molar refractivity (Wildman–Crippen MR) is 90.1 cm³/mol. The van der Waals surface area contributed by atoms with Crippen LogP contribution in [0.5, 0.6) is 5.75 Å². The third kappa shape index (κ3) is 4.92. The van der Waals surface area contributed by atoms with E-state index < -0.39 is 0 Å². The molecule has 0 saturated heterocycles. The summed E-state index contributed by atoms with van der Waals surface area (Å²) in [5, 5.41) is 0. The molecule has 0 saturated carbocycles. The van der Waals surface area contributed by atoms with Crippen LogP contribution in [-0.2, 0) is 6.42 Å². The van der Waals surface area contributed by atoms with Crippen LogP contribution in [0.1, 0.15) is 48.5 Å². The van der Waals surface area contributed by atoms with E-state index in [1.54, 1.807) is 24.3 Å². The number of esters is 1. The molecule has 0 aliphatic heterocycles. The summed E-state index contributed by atoms with van der Waals surface area (Å²) in [4.78, 5) is 12.1. The fourth-order valence-electron chi connectivity index (χ4n) is 2.27. The van der Waals surface area contributed by atoms with Gasteiger partial charge in [-0.1, -0.05) is 38.3 Å². The molecule has 0 atom stereocenters. The van der Waals surface area contributed by atoms with Gasteiger partial charge in [0, 0.05) is 5.69 Å². The molecule has 0 fully saturated rings. The van der Waals surface area contributed by atoms with Crippen molar-refractivity contribution < 1.29 is 9.53 Å². The third-order valence-corrected chi connectivity index (χ3v) is 3.60. The largest absolute Gasteiger partial charge is 0.423 e. The fraction of sp³-hybridized carbons (Fsp3) is 0.316. The second-order valence-electron chi connectivity index (χ2n) is 5.47. The average Bonchev–Trinajstić information content (AvgIpc) is 2.54. The first-order valence-electron chi connectivity index (χ1n) is 7.85. The van der Waals surface area contributed by atoms with E-state index in [1.807, 2.05) is 24.3 Å². The number of benzene rings is 2. The van der Waals surface area contributed by atoms with Crippen molar-refractivity contribution in [3.05, 3.63) is 59.7 Å². The standard InChI is InChI=1S/C19H23NO2/c1-2-3-4-5-6-15-7-9-16(10-8-15)19(21)22-18-13-11-17(20)12-14-18/h7-14H,2-6,20H2,1H3. The molecule has 0 unspecified atom stereocenters. The van der Waals surface area contributed by atoms with Crippen molar-refractivity contribution in [1.82, 2.24) is 0 Å². The lowest BCUT2D eigenvalue weighted by atomic mass is 10.0. The molecule has 2 rings (SSSR count). The lowest BCUT2D eigenvalue weighted by Gasteiger charge is -2.06. The van der Waals surface area contributed by atoms with Gasteiger partial charge in [0.05, 0.1) is 5.56 Å². The SMILES string of the molecule is CCCCCCc1ccc(C(=O)Oc2ccc(N)cc2)cc1. The molecule has 2 aromatic rings. The molecule has 0 bridgehead atoms. The van der Waals surface area contributed by atoms with Crippen LogP contribution in [0.3, 0.4) is 0 Å². The summed E-state index contributed by atoms with van der Waals surface area (Å²) in [6, 6.07) is 14.5. The number of nitrogens with two attached hydrogens (primary N) is 1. The molecule has 3 heteroatoms. The van der Waals surface area contributed by atoms with Crippen LogP contribution in [0.15, 0.2) is 48.5 Å². The summed E-state index contributed by atoms with van der Waals surface area (Å²) in [5.41, 5.74) is 8.08. The first-order chi connectivity index (χ1) is 10.7. The Bertz CT molecular complexity index is 588. The van der Waals surface area contributed by atoms with Gasteiger partial charge in [-0.2, -0.15) is 0 Å². The van der Waals surface area contributed by atoms with Crippen molar-refractivity contribution >= 4 is 11.7 Å². The van der Waals surface area contributed by atoms with E-state index in [0.717, 1.165) is 6.42 Å². The minimum Gasteiger partial charge on any atom is -0.423 e. The highest BCUT2D eigenvalue weighted by Gasteiger charge is 2.08. The molecular weight excluding hydrogens is 274 g/mol. The zero-order valence-corrected chi connectivity index (χ0v) is 13.0. The maximum atomic E-state index is 12.1. The lowest BCUT2D eigenvalue weighted by Crippen LogP contribution is -2.08. The topological polar surface area (TPSA) is 52.3 Å². The molecular formula is C19H23NO2. The van der Waals surface area contributed by atoms with E-state index in [9.17, 15) is 4.79 Å². The van der Waals surface area contributed by atoms with Crippen molar-refractivity contribution in [1.29, 1.82) is 0 Å². The molecule has 0 aromatic heterocycles. The smallest absolute Gasteiger partial charge is 0.343 e. The average molecular weight is 297 g/mol. The van der Waals surface area contributed by atoms with E-state index in [2.05, 4.69) is 6.92 Å². The molecule has 0 amide bonds. The Morgan fingerprint density at radius 1 is 0.955 bits per heavy atom. The number of hydrogen-bond donors (Lipinski definition) is 1. The van der Waals surface area contributed by atoms with E-state index in [0.29, 0.717) is 17.0 Å². The minimum atomic E-state index is -0.345.